The van der Waals surface area contributed by atoms with Gasteiger partial charge in [-0.1, -0.05) is 6.07 Å². The van der Waals surface area contributed by atoms with E-state index in [4.69, 9.17) is 4.74 Å². The van der Waals surface area contributed by atoms with Gasteiger partial charge in [-0.05, 0) is 63.5 Å². The first-order valence-electron chi connectivity index (χ1n) is 11.7. The summed E-state index contributed by atoms with van der Waals surface area (Å²) >= 11 is 1.60. The van der Waals surface area contributed by atoms with Crippen molar-refractivity contribution in [1.82, 2.24) is 20.2 Å². The Labute approximate surface area is 193 Å². The van der Waals surface area contributed by atoms with Crippen LogP contribution in [0, 0.1) is 12.8 Å². The number of carbonyl (C=O) groups excluding carboxylic acids is 1. The molecule has 2 aliphatic rings. The SMILES string of the molecule is Cc1ncc(CC(=O)NC2CCC(CCN3CCc4ccc(OCF)nc4CC3)CC2)s1. The maximum absolute atomic E-state index is 12.4. The average Bonchev–Trinajstić information content (AvgIpc) is 3.08. The number of aromatic nitrogens is 2. The number of nitrogens with zero attached hydrogens (tertiary/aromatic N) is 3. The van der Waals surface area contributed by atoms with E-state index in [1.54, 1.807) is 17.4 Å². The summed E-state index contributed by atoms with van der Waals surface area (Å²) in [5, 5.41) is 4.23. The van der Waals surface area contributed by atoms with E-state index in [0.29, 0.717) is 18.3 Å². The van der Waals surface area contributed by atoms with Gasteiger partial charge in [0.05, 0.1) is 11.4 Å². The standard InChI is InChI=1S/C24H33FN4O2S/c1-17-26-15-21(32-17)14-23(30)27-20-5-2-18(3-6-20)8-11-29-12-9-19-4-7-24(31-16-25)28-22(19)10-13-29/h4,7,15,18,20H,2-3,5-6,8-14,16H2,1H3,(H,27,30). The van der Waals surface area contributed by atoms with Crippen molar-refractivity contribution in [2.75, 3.05) is 26.5 Å². The second-order valence-corrected chi connectivity index (χ2v) is 10.3. The van der Waals surface area contributed by atoms with Gasteiger partial charge < -0.3 is 15.0 Å². The minimum atomic E-state index is -0.838. The second kappa shape index (κ2) is 11.2. The highest BCUT2D eigenvalue weighted by molar-refractivity contribution is 7.11. The molecule has 6 nitrogen and oxygen atoms in total. The number of hydrogen-bond donors (Lipinski definition) is 1. The zero-order valence-electron chi connectivity index (χ0n) is 18.8. The third kappa shape index (κ3) is 6.48. The number of fused-ring (bicyclic) bond motifs is 1. The van der Waals surface area contributed by atoms with Crippen molar-refractivity contribution in [3.05, 3.63) is 39.5 Å². The minimum Gasteiger partial charge on any atom is -0.446 e. The molecule has 0 saturated heterocycles. The van der Waals surface area contributed by atoms with Crippen LogP contribution in [0.25, 0.3) is 0 Å². The maximum atomic E-state index is 12.4. The summed E-state index contributed by atoms with van der Waals surface area (Å²) in [7, 11) is 0. The number of nitrogens with one attached hydrogen (secondary N) is 1. The number of rotatable bonds is 8. The predicted molar refractivity (Wildman–Crippen MR) is 124 cm³/mol. The molecule has 0 bridgehead atoms. The van der Waals surface area contributed by atoms with Gasteiger partial charge in [0.25, 0.3) is 0 Å². The molecule has 0 atom stereocenters. The molecule has 0 unspecified atom stereocenters. The lowest BCUT2D eigenvalue weighted by Crippen LogP contribution is -2.38. The van der Waals surface area contributed by atoms with E-state index in [0.717, 1.165) is 66.8 Å². The molecule has 1 aliphatic carbocycles. The summed E-state index contributed by atoms with van der Waals surface area (Å²) < 4.78 is 17.3. The number of pyridine rings is 1. The highest BCUT2D eigenvalue weighted by Crippen LogP contribution is 2.28. The van der Waals surface area contributed by atoms with E-state index in [9.17, 15) is 9.18 Å². The van der Waals surface area contributed by atoms with E-state index in [2.05, 4.69) is 20.2 Å². The fourth-order valence-corrected chi connectivity index (χ4v) is 5.65. The quantitative estimate of drug-likeness (QED) is 0.648. The number of carbonyl (C=O) groups is 1. The van der Waals surface area contributed by atoms with Crippen LogP contribution in [0.3, 0.4) is 0 Å². The number of hydrogen-bond acceptors (Lipinski definition) is 6. The zero-order chi connectivity index (χ0) is 22.3. The first-order chi connectivity index (χ1) is 15.6. The normalized spacial score (nSPS) is 21.6. The Morgan fingerprint density at radius 2 is 2.06 bits per heavy atom. The van der Waals surface area contributed by atoms with Gasteiger partial charge >= 0.3 is 0 Å². The molecule has 1 fully saturated rings. The Kier molecular flexibility index (Phi) is 8.08. The van der Waals surface area contributed by atoms with Crippen LogP contribution in [0.15, 0.2) is 18.3 Å². The molecule has 4 rings (SSSR count). The fourth-order valence-electron chi connectivity index (χ4n) is 4.85. The number of thiazole rings is 1. The van der Waals surface area contributed by atoms with Crippen LogP contribution >= 0.6 is 11.3 Å². The van der Waals surface area contributed by atoms with Crippen LogP contribution < -0.4 is 10.1 Å². The number of halogens is 1. The van der Waals surface area contributed by atoms with Crippen LogP contribution in [0.4, 0.5) is 4.39 Å². The Bertz CT molecular complexity index is 898. The molecular weight excluding hydrogens is 427 g/mol. The van der Waals surface area contributed by atoms with Crippen LogP contribution in [0.1, 0.15) is 53.2 Å². The summed E-state index contributed by atoms with van der Waals surface area (Å²) in [6, 6.07) is 4.11. The van der Waals surface area contributed by atoms with E-state index in [1.807, 2.05) is 19.2 Å². The molecule has 0 spiro atoms. The second-order valence-electron chi connectivity index (χ2n) is 8.95. The Morgan fingerprint density at radius 3 is 2.81 bits per heavy atom. The Morgan fingerprint density at radius 1 is 1.25 bits per heavy atom. The van der Waals surface area contributed by atoms with Crippen LogP contribution in [0.2, 0.25) is 0 Å². The molecule has 1 N–H and O–H groups in total. The third-order valence-electron chi connectivity index (χ3n) is 6.68. The topological polar surface area (TPSA) is 67.4 Å². The molecular formula is C24H33FN4O2S. The van der Waals surface area contributed by atoms with Gasteiger partial charge in [-0.15, -0.1) is 11.3 Å². The Balaban J connectivity index is 1.15. The summed E-state index contributed by atoms with van der Waals surface area (Å²) in [6.07, 6.45) is 9.85. The lowest BCUT2D eigenvalue weighted by atomic mass is 9.84. The summed E-state index contributed by atoms with van der Waals surface area (Å²) in [4.78, 5) is 24.6. The van der Waals surface area contributed by atoms with Crippen molar-refractivity contribution in [2.24, 2.45) is 5.92 Å². The summed E-state index contributed by atoms with van der Waals surface area (Å²) in [5.41, 5.74) is 2.30. The molecule has 0 aromatic carbocycles. The maximum Gasteiger partial charge on any atom is 0.230 e. The first-order valence-corrected chi connectivity index (χ1v) is 12.5. The van der Waals surface area contributed by atoms with Gasteiger partial charge in [0, 0.05) is 48.4 Å². The largest absolute Gasteiger partial charge is 0.446 e. The van der Waals surface area contributed by atoms with Gasteiger partial charge in [-0.3, -0.25) is 4.79 Å². The molecule has 8 heteroatoms. The molecule has 0 radical (unpaired) electrons. The smallest absolute Gasteiger partial charge is 0.230 e. The van der Waals surface area contributed by atoms with Crippen molar-refractivity contribution in [3.63, 3.8) is 0 Å². The molecule has 2 aromatic rings. The Hall–Kier alpha value is -2.06. The van der Waals surface area contributed by atoms with Crippen LogP contribution in [-0.2, 0) is 24.1 Å². The lowest BCUT2D eigenvalue weighted by molar-refractivity contribution is -0.121. The zero-order valence-corrected chi connectivity index (χ0v) is 19.6. The van der Waals surface area contributed by atoms with Gasteiger partial charge in [-0.25, -0.2) is 14.4 Å². The van der Waals surface area contributed by atoms with E-state index in [1.165, 1.54) is 24.8 Å². The molecule has 32 heavy (non-hydrogen) atoms. The number of aryl methyl sites for hydroxylation is 1. The highest BCUT2D eigenvalue weighted by atomic mass is 32.1. The molecule has 174 valence electrons. The minimum absolute atomic E-state index is 0.120. The molecule has 1 amide bonds. The van der Waals surface area contributed by atoms with Gasteiger partial charge in [-0.2, -0.15) is 0 Å². The predicted octanol–water partition coefficient (Wildman–Crippen LogP) is 3.86. The number of ether oxygens (including phenoxy) is 1. The van der Waals surface area contributed by atoms with E-state index in [-0.39, 0.29) is 5.91 Å². The van der Waals surface area contributed by atoms with Gasteiger partial charge in [0.2, 0.25) is 18.6 Å². The molecule has 1 aliphatic heterocycles. The average molecular weight is 461 g/mol. The summed E-state index contributed by atoms with van der Waals surface area (Å²) in [5.74, 6) is 1.24. The fraction of sp³-hybridized carbons (Fsp3) is 0.625. The van der Waals surface area contributed by atoms with Crippen molar-refractivity contribution in [3.8, 4) is 5.88 Å². The first kappa shape index (κ1) is 23.1. The van der Waals surface area contributed by atoms with Crippen molar-refractivity contribution < 1.29 is 13.9 Å². The summed E-state index contributed by atoms with van der Waals surface area (Å²) in [6.45, 7) is 4.26. The molecule has 3 heterocycles. The molecule has 2 aromatic heterocycles. The van der Waals surface area contributed by atoms with Gasteiger partial charge in [0.1, 0.15) is 0 Å². The third-order valence-corrected chi connectivity index (χ3v) is 7.59. The molecule has 1 saturated carbocycles. The monoisotopic (exact) mass is 460 g/mol. The number of amides is 1. The number of alkyl halides is 1. The van der Waals surface area contributed by atoms with Crippen molar-refractivity contribution in [1.29, 1.82) is 0 Å². The van der Waals surface area contributed by atoms with Gasteiger partial charge in [0.15, 0.2) is 0 Å². The lowest BCUT2D eigenvalue weighted by Gasteiger charge is -2.30. The van der Waals surface area contributed by atoms with Crippen LogP contribution in [0.5, 0.6) is 5.88 Å². The highest BCUT2D eigenvalue weighted by Gasteiger charge is 2.24. The van der Waals surface area contributed by atoms with Crippen molar-refractivity contribution in [2.45, 2.75) is 64.3 Å². The van der Waals surface area contributed by atoms with E-state index < -0.39 is 6.86 Å². The van der Waals surface area contributed by atoms with Crippen LogP contribution in [-0.4, -0.2) is 53.3 Å². The van der Waals surface area contributed by atoms with E-state index >= 15 is 0 Å². The van der Waals surface area contributed by atoms with Crippen molar-refractivity contribution >= 4 is 17.2 Å².